The standard InChI is InChI=1S/C21H20F4N4O2/c1-12-15(11-28(2)26-12)18(30)6-4-13-5-7-19(31-3)14(8-13)10-29-17(21(24)25)9-16(27-29)20(22)23/h4-9,11,20-21H,10H2,1-3H3/b6-4+. The van der Waals surface area contributed by atoms with E-state index in [1.807, 2.05) is 0 Å². The average molecular weight is 436 g/mol. The fourth-order valence-electron chi connectivity index (χ4n) is 3.15. The second kappa shape index (κ2) is 9.15. The van der Waals surface area contributed by atoms with E-state index in [2.05, 4.69) is 10.2 Å². The van der Waals surface area contributed by atoms with Crippen LogP contribution < -0.4 is 4.74 Å². The molecule has 2 heterocycles. The van der Waals surface area contributed by atoms with Crippen molar-refractivity contribution in [2.24, 2.45) is 7.05 Å². The summed E-state index contributed by atoms with van der Waals surface area (Å²) in [5.41, 5.74) is 0.778. The molecule has 0 atom stereocenters. The van der Waals surface area contributed by atoms with Crippen LogP contribution in [0.1, 0.15) is 51.4 Å². The smallest absolute Gasteiger partial charge is 0.282 e. The Balaban J connectivity index is 1.89. The number of nitrogens with zero attached hydrogens (tertiary/aromatic N) is 4. The number of aryl methyl sites for hydroxylation is 2. The minimum Gasteiger partial charge on any atom is -0.496 e. The van der Waals surface area contributed by atoms with Gasteiger partial charge in [0, 0.05) is 18.8 Å². The lowest BCUT2D eigenvalue weighted by atomic mass is 10.1. The molecular weight excluding hydrogens is 416 g/mol. The summed E-state index contributed by atoms with van der Waals surface area (Å²) in [6.45, 7) is 1.53. The molecular formula is C21H20F4N4O2. The number of ether oxygens (including phenoxy) is 1. The first-order valence-electron chi connectivity index (χ1n) is 9.23. The number of rotatable bonds is 8. The lowest BCUT2D eigenvalue weighted by Gasteiger charge is -2.12. The van der Waals surface area contributed by atoms with Crippen molar-refractivity contribution in [2.45, 2.75) is 26.3 Å². The van der Waals surface area contributed by atoms with Gasteiger partial charge >= 0.3 is 0 Å². The van der Waals surface area contributed by atoms with Crippen LogP contribution in [0.25, 0.3) is 6.08 Å². The Hall–Kier alpha value is -3.43. The van der Waals surface area contributed by atoms with Gasteiger partial charge in [-0.25, -0.2) is 17.6 Å². The van der Waals surface area contributed by atoms with Gasteiger partial charge in [-0.05, 0) is 36.8 Å². The van der Waals surface area contributed by atoms with E-state index in [-0.39, 0.29) is 12.3 Å². The lowest BCUT2D eigenvalue weighted by molar-refractivity contribution is 0.104. The minimum atomic E-state index is -2.96. The van der Waals surface area contributed by atoms with E-state index in [0.717, 1.165) is 4.68 Å². The first kappa shape index (κ1) is 22.3. The molecule has 3 rings (SSSR count). The van der Waals surface area contributed by atoms with Crippen molar-refractivity contribution in [3.05, 3.63) is 70.3 Å². The van der Waals surface area contributed by atoms with E-state index in [9.17, 15) is 22.4 Å². The third-order valence-electron chi connectivity index (χ3n) is 4.61. The van der Waals surface area contributed by atoms with Crippen LogP contribution in [0.4, 0.5) is 17.6 Å². The Labute approximate surface area is 175 Å². The predicted molar refractivity (Wildman–Crippen MR) is 106 cm³/mol. The highest BCUT2D eigenvalue weighted by molar-refractivity contribution is 6.07. The number of methoxy groups -OCH3 is 1. The van der Waals surface area contributed by atoms with Gasteiger partial charge in [0.25, 0.3) is 12.9 Å². The summed E-state index contributed by atoms with van der Waals surface area (Å²) in [7, 11) is 3.12. The summed E-state index contributed by atoms with van der Waals surface area (Å²) >= 11 is 0. The quantitative estimate of drug-likeness (QED) is 0.290. The largest absolute Gasteiger partial charge is 0.496 e. The van der Waals surface area contributed by atoms with Crippen molar-refractivity contribution in [3.8, 4) is 5.75 Å². The fraction of sp³-hybridized carbons (Fsp3) is 0.286. The Kier molecular flexibility index (Phi) is 6.57. The molecule has 0 saturated heterocycles. The third-order valence-corrected chi connectivity index (χ3v) is 4.61. The molecule has 0 saturated carbocycles. The maximum atomic E-state index is 13.3. The number of carbonyl (C=O) groups excluding carboxylic acids is 1. The lowest BCUT2D eigenvalue weighted by Crippen LogP contribution is -2.08. The summed E-state index contributed by atoms with van der Waals surface area (Å²) in [5, 5.41) is 7.74. The molecule has 0 bridgehead atoms. The van der Waals surface area contributed by atoms with Gasteiger partial charge in [0.15, 0.2) is 5.78 Å². The normalized spacial score (nSPS) is 11.8. The Morgan fingerprint density at radius 2 is 1.90 bits per heavy atom. The number of ketones is 1. The van der Waals surface area contributed by atoms with Crippen molar-refractivity contribution < 1.29 is 27.1 Å². The number of aromatic nitrogens is 4. The third kappa shape index (κ3) is 5.01. The van der Waals surface area contributed by atoms with Crippen molar-refractivity contribution in [1.82, 2.24) is 19.6 Å². The second-order valence-electron chi connectivity index (χ2n) is 6.82. The summed E-state index contributed by atoms with van der Waals surface area (Å²) < 4.78 is 60.1. The van der Waals surface area contributed by atoms with Gasteiger partial charge in [-0.15, -0.1) is 0 Å². The molecule has 1 aromatic carbocycles. The SMILES string of the molecule is COc1ccc(/C=C/C(=O)c2cn(C)nc2C)cc1Cn1nc(C(F)F)cc1C(F)F. The molecule has 0 unspecified atom stereocenters. The van der Waals surface area contributed by atoms with Gasteiger partial charge in [-0.2, -0.15) is 10.2 Å². The number of allylic oxidation sites excluding steroid dienone is 1. The van der Waals surface area contributed by atoms with E-state index in [4.69, 9.17) is 4.74 Å². The van der Waals surface area contributed by atoms with Crippen molar-refractivity contribution in [1.29, 1.82) is 0 Å². The number of alkyl halides is 4. The molecule has 10 heteroatoms. The average Bonchev–Trinajstić information content (AvgIpc) is 3.29. The molecule has 0 fully saturated rings. The Morgan fingerprint density at radius 3 is 2.48 bits per heavy atom. The highest BCUT2D eigenvalue weighted by Gasteiger charge is 2.22. The molecule has 0 radical (unpaired) electrons. The second-order valence-corrected chi connectivity index (χ2v) is 6.82. The highest BCUT2D eigenvalue weighted by Crippen LogP contribution is 2.28. The molecule has 0 spiro atoms. The summed E-state index contributed by atoms with van der Waals surface area (Å²) in [6, 6.07) is 5.61. The van der Waals surface area contributed by atoms with E-state index < -0.39 is 24.2 Å². The number of hydrogen-bond acceptors (Lipinski definition) is 4. The Morgan fingerprint density at radius 1 is 1.16 bits per heavy atom. The van der Waals surface area contributed by atoms with E-state index in [0.29, 0.717) is 34.2 Å². The minimum absolute atomic E-state index is 0.201. The van der Waals surface area contributed by atoms with Gasteiger partial charge in [0.2, 0.25) is 0 Å². The predicted octanol–water partition coefficient (Wildman–Crippen LogP) is 4.75. The number of halogens is 4. The van der Waals surface area contributed by atoms with Crippen LogP contribution in [0.15, 0.2) is 36.5 Å². The molecule has 0 N–H and O–H groups in total. The van der Waals surface area contributed by atoms with Gasteiger partial charge in [0.05, 0.1) is 24.9 Å². The molecule has 6 nitrogen and oxygen atoms in total. The molecule has 0 aliphatic rings. The summed E-state index contributed by atoms with van der Waals surface area (Å²) in [6.07, 6.45) is -1.36. The number of carbonyl (C=O) groups is 1. The van der Waals surface area contributed by atoms with Gasteiger partial charge in [-0.3, -0.25) is 14.2 Å². The van der Waals surface area contributed by atoms with Crippen molar-refractivity contribution in [2.75, 3.05) is 7.11 Å². The van der Waals surface area contributed by atoms with Gasteiger partial charge < -0.3 is 4.74 Å². The molecule has 0 aliphatic carbocycles. The summed E-state index contributed by atoms with van der Waals surface area (Å²) in [4.78, 5) is 12.4. The van der Waals surface area contributed by atoms with Gasteiger partial charge in [-0.1, -0.05) is 12.1 Å². The van der Waals surface area contributed by atoms with Crippen LogP contribution >= 0.6 is 0 Å². The summed E-state index contributed by atoms with van der Waals surface area (Å²) in [5.74, 6) is 0.137. The molecule has 0 amide bonds. The molecule has 2 aromatic heterocycles. The topological polar surface area (TPSA) is 61.9 Å². The van der Waals surface area contributed by atoms with E-state index in [1.165, 1.54) is 13.2 Å². The maximum absolute atomic E-state index is 13.3. The van der Waals surface area contributed by atoms with Crippen LogP contribution in [0, 0.1) is 6.92 Å². The number of benzene rings is 1. The first-order chi connectivity index (χ1) is 14.7. The maximum Gasteiger partial charge on any atom is 0.282 e. The molecule has 31 heavy (non-hydrogen) atoms. The van der Waals surface area contributed by atoms with Crippen molar-refractivity contribution >= 4 is 11.9 Å². The Bertz CT molecular complexity index is 1120. The molecule has 0 aliphatic heterocycles. The molecule has 3 aromatic rings. The zero-order valence-corrected chi connectivity index (χ0v) is 17.0. The van der Waals surface area contributed by atoms with Crippen LogP contribution in [0.3, 0.4) is 0 Å². The fourth-order valence-corrected chi connectivity index (χ4v) is 3.15. The van der Waals surface area contributed by atoms with Crippen LogP contribution in [0.5, 0.6) is 5.75 Å². The van der Waals surface area contributed by atoms with E-state index >= 15 is 0 Å². The van der Waals surface area contributed by atoms with E-state index in [1.54, 1.807) is 49.1 Å². The molecule has 164 valence electrons. The first-order valence-corrected chi connectivity index (χ1v) is 9.23. The number of hydrogen-bond donors (Lipinski definition) is 0. The zero-order valence-electron chi connectivity index (χ0n) is 17.0. The van der Waals surface area contributed by atoms with Crippen LogP contribution in [-0.2, 0) is 13.6 Å². The van der Waals surface area contributed by atoms with Crippen molar-refractivity contribution in [3.63, 3.8) is 0 Å². The monoisotopic (exact) mass is 436 g/mol. The van der Waals surface area contributed by atoms with Gasteiger partial charge in [0.1, 0.15) is 17.1 Å². The zero-order chi connectivity index (χ0) is 22.7. The highest BCUT2D eigenvalue weighted by atomic mass is 19.3. The van der Waals surface area contributed by atoms with Crippen LogP contribution in [0.2, 0.25) is 0 Å². The van der Waals surface area contributed by atoms with Crippen LogP contribution in [-0.4, -0.2) is 32.5 Å².